The number of carbonyl (C=O) groups excluding carboxylic acids is 6. The summed E-state index contributed by atoms with van der Waals surface area (Å²) in [5.74, 6) is -3.81. The Labute approximate surface area is 445 Å². The molecule has 2 saturated heterocycles. The second kappa shape index (κ2) is 26.8. The molecule has 2 fully saturated rings. The van der Waals surface area contributed by atoms with E-state index in [0.717, 1.165) is 40.7 Å². The highest BCUT2D eigenvalue weighted by atomic mass is 16.7. The van der Waals surface area contributed by atoms with E-state index in [9.17, 15) is 28.8 Å². The zero-order chi connectivity index (χ0) is 54.7. The third kappa shape index (κ3) is 13.4. The van der Waals surface area contributed by atoms with Crippen LogP contribution in [0.5, 0.6) is 0 Å². The number of ether oxygens (including phenoxy) is 3. The number of rotatable bonds is 23. The van der Waals surface area contributed by atoms with Crippen molar-refractivity contribution in [2.45, 2.75) is 148 Å². The standard InChI is InChI=1S/C59H84N6O10/c1-13-38(6)53(62(9)57(69)50(36(2)3)60-56(68)52(37(4)5)63(10)59(71)74-35-46-44-28-19-17-26-42(44)43-27-18-20-29-45(43)46)48(72-11)34-49(66)64-31-23-30-47(64)54(73-12)40(8)55(67)61-51(39(7)41-24-15-14-16-25-41)58(70)65-32-21-22-33-75-65/h14-20,24-29,36-40,46-48,50-54H,13,21-23,30-35H2,1-12H3,(H,60,68)(H,61,67)/t38-,39-,40+,47-,48+,50-,51-,52-,53-,54+/m0/s1. The van der Waals surface area contributed by atoms with Crippen molar-refractivity contribution in [3.63, 3.8) is 0 Å². The van der Waals surface area contributed by atoms with E-state index in [2.05, 4.69) is 34.9 Å². The van der Waals surface area contributed by atoms with Gasteiger partial charge in [0.1, 0.15) is 24.7 Å². The highest BCUT2D eigenvalue weighted by Gasteiger charge is 2.45. The maximum absolute atomic E-state index is 14.8. The molecule has 0 bridgehead atoms. The second-order valence-corrected chi connectivity index (χ2v) is 21.6. The molecule has 1 aliphatic carbocycles. The summed E-state index contributed by atoms with van der Waals surface area (Å²) in [6.45, 7) is 16.5. The van der Waals surface area contributed by atoms with E-state index in [4.69, 9.17) is 19.0 Å². The number of hydrogen-bond acceptors (Lipinski definition) is 10. The monoisotopic (exact) mass is 1040 g/mol. The van der Waals surface area contributed by atoms with Gasteiger partial charge in [0.2, 0.25) is 23.6 Å². The van der Waals surface area contributed by atoms with Gasteiger partial charge in [-0.2, -0.15) is 0 Å². The summed E-state index contributed by atoms with van der Waals surface area (Å²) >= 11 is 0. The highest BCUT2D eigenvalue weighted by molar-refractivity contribution is 5.92. The Bertz CT molecular complexity index is 2370. The maximum Gasteiger partial charge on any atom is 0.410 e. The average molecular weight is 1040 g/mol. The van der Waals surface area contributed by atoms with Crippen LogP contribution in [0.15, 0.2) is 78.9 Å². The Morgan fingerprint density at radius 1 is 0.720 bits per heavy atom. The summed E-state index contributed by atoms with van der Waals surface area (Å²) in [4.78, 5) is 96.4. The van der Waals surface area contributed by atoms with Gasteiger partial charge >= 0.3 is 6.09 Å². The molecule has 10 atom stereocenters. The number of benzene rings is 3. The molecule has 75 heavy (non-hydrogen) atoms. The molecule has 0 unspecified atom stereocenters. The van der Waals surface area contributed by atoms with Gasteiger partial charge in [0.05, 0.1) is 43.2 Å². The van der Waals surface area contributed by atoms with E-state index in [1.807, 2.05) is 103 Å². The van der Waals surface area contributed by atoms with Crippen molar-refractivity contribution in [1.29, 1.82) is 0 Å². The third-order valence-corrected chi connectivity index (χ3v) is 16.1. The molecule has 410 valence electrons. The van der Waals surface area contributed by atoms with Crippen molar-refractivity contribution in [2.24, 2.45) is 23.7 Å². The van der Waals surface area contributed by atoms with Crippen LogP contribution in [0.25, 0.3) is 11.1 Å². The molecular weight excluding hydrogens is 953 g/mol. The number of methoxy groups -OCH3 is 2. The molecule has 3 aliphatic rings. The van der Waals surface area contributed by atoms with Crippen LogP contribution >= 0.6 is 0 Å². The van der Waals surface area contributed by atoms with Crippen molar-refractivity contribution in [3.05, 3.63) is 95.6 Å². The maximum atomic E-state index is 14.8. The number of nitrogens with zero attached hydrogens (tertiary/aromatic N) is 4. The molecule has 6 amide bonds. The first-order chi connectivity index (χ1) is 35.9. The quantitative estimate of drug-likeness (QED) is 0.0954. The molecular formula is C59H84N6O10. The molecule has 0 radical (unpaired) electrons. The Morgan fingerprint density at radius 3 is 1.89 bits per heavy atom. The van der Waals surface area contributed by atoms with Crippen LogP contribution in [0.3, 0.4) is 0 Å². The van der Waals surface area contributed by atoms with Crippen LogP contribution in [0.2, 0.25) is 0 Å². The average Bonchev–Trinajstić information content (AvgIpc) is 4.03. The molecule has 6 rings (SSSR count). The Kier molecular flexibility index (Phi) is 20.9. The van der Waals surface area contributed by atoms with Gasteiger partial charge in [0.25, 0.3) is 5.91 Å². The summed E-state index contributed by atoms with van der Waals surface area (Å²) in [5, 5.41) is 7.45. The zero-order valence-corrected chi connectivity index (χ0v) is 46.5. The second-order valence-electron chi connectivity index (χ2n) is 21.6. The van der Waals surface area contributed by atoms with E-state index in [-0.39, 0.29) is 66.2 Å². The number of hydrogen-bond donors (Lipinski definition) is 2. The van der Waals surface area contributed by atoms with E-state index >= 15 is 0 Å². The number of fused-ring (bicyclic) bond motifs is 3. The lowest BCUT2D eigenvalue weighted by atomic mass is 9.89. The van der Waals surface area contributed by atoms with Crippen LogP contribution in [0.4, 0.5) is 4.79 Å². The molecule has 16 nitrogen and oxygen atoms in total. The molecule has 0 aromatic heterocycles. The van der Waals surface area contributed by atoms with Crippen LogP contribution in [0, 0.1) is 23.7 Å². The van der Waals surface area contributed by atoms with Crippen LogP contribution in [0.1, 0.15) is 122 Å². The number of nitrogens with one attached hydrogen (secondary N) is 2. The zero-order valence-electron chi connectivity index (χ0n) is 46.5. The molecule has 0 spiro atoms. The Hall–Kier alpha value is -5.84. The SMILES string of the molecule is CC[C@H](C)[C@@H]([C@@H](CC(=O)N1CCC[C@H]1[C@H](OC)[C@@H](C)C(=O)N[C@H](C(=O)N1CCCCO1)[C@@H](C)c1ccccc1)OC)N(C)C(=O)[C@@H](NC(=O)[C@H](C(C)C)N(C)C(=O)OCC1c2ccccc2-c2ccccc21)C(C)C. The fourth-order valence-corrected chi connectivity index (χ4v) is 11.6. The summed E-state index contributed by atoms with van der Waals surface area (Å²) in [7, 11) is 6.31. The minimum atomic E-state index is -0.976. The van der Waals surface area contributed by atoms with Gasteiger partial charge < -0.3 is 34.6 Å². The van der Waals surface area contributed by atoms with Gasteiger partial charge in [0, 0.05) is 53.2 Å². The fourth-order valence-electron chi connectivity index (χ4n) is 11.6. The van der Waals surface area contributed by atoms with Gasteiger partial charge in [-0.3, -0.25) is 33.7 Å². The van der Waals surface area contributed by atoms with Crippen LogP contribution in [-0.4, -0.2) is 152 Å². The number of likely N-dealkylation sites (N-methyl/N-ethyl adjacent to an activating group) is 2. The van der Waals surface area contributed by atoms with E-state index < -0.39 is 60.3 Å². The fraction of sp³-hybridized carbons (Fsp3) is 0.593. The largest absolute Gasteiger partial charge is 0.448 e. The smallest absolute Gasteiger partial charge is 0.410 e. The lowest BCUT2D eigenvalue weighted by molar-refractivity contribution is -0.200. The molecule has 2 heterocycles. The van der Waals surface area contributed by atoms with Gasteiger partial charge in [-0.1, -0.05) is 141 Å². The van der Waals surface area contributed by atoms with E-state index in [1.54, 1.807) is 30.8 Å². The molecule has 2 aliphatic heterocycles. The Balaban J connectivity index is 1.12. The molecule has 3 aromatic rings. The number of hydroxylamine groups is 2. The highest BCUT2D eigenvalue weighted by Crippen LogP contribution is 2.44. The van der Waals surface area contributed by atoms with E-state index in [1.165, 1.54) is 24.2 Å². The summed E-state index contributed by atoms with van der Waals surface area (Å²) in [6.07, 6.45) is 1.46. The van der Waals surface area contributed by atoms with Crippen molar-refractivity contribution >= 4 is 35.6 Å². The molecule has 3 aromatic carbocycles. The van der Waals surface area contributed by atoms with Gasteiger partial charge in [-0.15, -0.1) is 0 Å². The number of amides is 6. The van der Waals surface area contributed by atoms with Gasteiger partial charge in [-0.25, -0.2) is 9.86 Å². The molecule has 0 saturated carbocycles. The topological polar surface area (TPSA) is 176 Å². The first-order valence-electron chi connectivity index (χ1n) is 27.2. The first kappa shape index (κ1) is 58.4. The van der Waals surface area contributed by atoms with E-state index in [0.29, 0.717) is 39.0 Å². The predicted octanol–water partition coefficient (Wildman–Crippen LogP) is 7.80. The van der Waals surface area contributed by atoms with Gasteiger partial charge in [0.15, 0.2) is 0 Å². The molecule has 16 heteroatoms. The van der Waals surface area contributed by atoms with Crippen molar-refractivity contribution in [1.82, 2.24) is 30.4 Å². The normalized spacial score (nSPS) is 19.1. The minimum Gasteiger partial charge on any atom is -0.448 e. The lowest BCUT2D eigenvalue weighted by Gasteiger charge is -2.41. The van der Waals surface area contributed by atoms with Crippen molar-refractivity contribution in [3.8, 4) is 11.1 Å². The predicted molar refractivity (Wildman–Crippen MR) is 288 cm³/mol. The van der Waals surface area contributed by atoms with Gasteiger partial charge in [-0.05, 0) is 71.3 Å². The third-order valence-electron chi connectivity index (χ3n) is 16.1. The summed E-state index contributed by atoms with van der Waals surface area (Å²) in [5.41, 5.74) is 5.27. The summed E-state index contributed by atoms with van der Waals surface area (Å²) in [6, 6.07) is 21.9. The lowest BCUT2D eigenvalue weighted by Crippen LogP contribution is -2.60. The van der Waals surface area contributed by atoms with Crippen molar-refractivity contribution in [2.75, 3.05) is 54.6 Å². The van der Waals surface area contributed by atoms with Crippen LogP contribution in [-0.2, 0) is 43.0 Å². The minimum absolute atomic E-state index is 0.0588. The van der Waals surface area contributed by atoms with Crippen molar-refractivity contribution < 1.29 is 47.8 Å². The number of likely N-dealkylation sites (tertiary alicyclic amines) is 1. The number of carbonyl (C=O) groups is 6. The van der Waals surface area contributed by atoms with Crippen LogP contribution < -0.4 is 10.6 Å². The summed E-state index contributed by atoms with van der Waals surface area (Å²) < 4.78 is 18.2. The first-order valence-corrected chi connectivity index (χ1v) is 27.2. The molecule has 2 N–H and O–H groups in total. The Morgan fingerprint density at radius 2 is 1.33 bits per heavy atom.